The Bertz CT molecular complexity index is 1530. The Morgan fingerprint density at radius 3 is 2.32 bits per heavy atom. The average Bonchev–Trinajstić information content (AvgIpc) is 3.37. The number of aliphatic carboxylic acids is 1. The Labute approximate surface area is 260 Å². The second-order valence-corrected chi connectivity index (χ2v) is 13.0. The molecule has 2 heterocycles. The molecule has 0 saturated carbocycles. The summed E-state index contributed by atoms with van der Waals surface area (Å²) in [6, 6.07) is 10.0. The minimum Gasteiger partial charge on any atom is -0.490 e. The van der Waals surface area contributed by atoms with Crippen molar-refractivity contribution in [3.63, 3.8) is 0 Å². The zero-order valence-corrected chi connectivity index (χ0v) is 27.0. The van der Waals surface area contributed by atoms with Gasteiger partial charge in [0.15, 0.2) is 11.6 Å². The molecule has 2 aliphatic heterocycles. The molecule has 3 aliphatic rings. The van der Waals surface area contributed by atoms with Gasteiger partial charge in [-0.2, -0.15) is 0 Å². The second kappa shape index (κ2) is 13.9. The Hall–Kier alpha value is -3.71. The molecule has 236 valence electrons. The lowest BCUT2D eigenvalue weighted by atomic mass is 9.84. The largest absolute Gasteiger partial charge is 0.490 e. The van der Waals surface area contributed by atoms with E-state index < -0.39 is 17.4 Å². The first-order valence-electron chi connectivity index (χ1n) is 15.6. The van der Waals surface area contributed by atoms with Crippen LogP contribution in [0.1, 0.15) is 84.5 Å². The fourth-order valence-electron chi connectivity index (χ4n) is 6.45. The highest BCUT2D eigenvalue weighted by Gasteiger charge is 2.29. The molecule has 0 spiro atoms. The van der Waals surface area contributed by atoms with Gasteiger partial charge in [-0.25, -0.2) is 4.39 Å². The van der Waals surface area contributed by atoms with Crippen LogP contribution in [0.2, 0.25) is 0 Å². The molecule has 6 nitrogen and oxygen atoms in total. The number of nitrogens with zero attached hydrogens (tertiary/aromatic N) is 1. The fourth-order valence-corrected chi connectivity index (χ4v) is 6.45. The first-order valence-corrected chi connectivity index (χ1v) is 15.6. The van der Waals surface area contributed by atoms with Crippen LogP contribution in [0.3, 0.4) is 0 Å². The second-order valence-electron chi connectivity index (χ2n) is 13.0. The van der Waals surface area contributed by atoms with Gasteiger partial charge in [-0.15, -0.1) is 0 Å². The van der Waals surface area contributed by atoms with Crippen molar-refractivity contribution in [2.45, 2.75) is 98.5 Å². The summed E-state index contributed by atoms with van der Waals surface area (Å²) in [5.74, 6) is -1.04. The van der Waals surface area contributed by atoms with Crippen molar-refractivity contribution in [1.29, 1.82) is 0 Å². The number of anilines is 1. The third kappa shape index (κ3) is 7.68. The monoisotopic (exact) mass is 603 g/mol. The highest BCUT2D eigenvalue weighted by atomic mass is 19.1. The van der Waals surface area contributed by atoms with E-state index in [4.69, 9.17) is 9.84 Å². The molecule has 6 rings (SSSR count). The maximum atomic E-state index is 14.9. The van der Waals surface area contributed by atoms with Gasteiger partial charge in [0.05, 0.1) is 18.6 Å². The SMILES string of the molecule is CC(C)(C)O.Cc1cc2c(c(-c3cc(F)c4c(c3C)CCCO4)c1CC(=O)O)CCN2C=O.Cc1cccc2c1CCCC2. The lowest BCUT2D eigenvalue weighted by Gasteiger charge is -2.25. The molecular weight excluding hydrogens is 557 g/mol. The highest BCUT2D eigenvalue weighted by molar-refractivity contribution is 5.90. The van der Waals surface area contributed by atoms with E-state index in [1.165, 1.54) is 37.3 Å². The molecule has 0 unspecified atom stereocenters. The smallest absolute Gasteiger partial charge is 0.307 e. The lowest BCUT2D eigenvalue weighted by molar-refractivity contribution is -0.136. The molecule has 3 aromatic carbocycles. The van der Waals surface area contributed by atoms with Crippen molar-refractivity contribution in [2.24, 2.45) is 0 Å². The molecule has 1 aliphatic carbocycles. The van der Waals surface area contributed by atoms with Crippen molar-refractivity contribution in [2.75, 3.05) is 18.1 Å². The van der Waals surface area contributed by atoms with Crippen LogP contribution in [0.4, 0.5) is 10.1 Å². The van der Waals surface area contributed by atoms with Gasteiger partial charge in [0.2, 0.25) is 6.41 Å². The first-order chi connectivity index (χ1) is 20.8. The number of fused-ring (bicyclic) bond motifs is 3. The first kappa shape index (κ1) is 33.2. The number of aryl methyl sites for hydroxylation is 3. The number of hydrogen-bond acceptors (Lipinski definition) is 4. The number of rotatable bonds is 4. The van der Waals surface area contributed by atoms with Crippen LogP contribution < -0.4 is 9.64 Å². The number of aliphatic hydroxyl groups is 1. The van der Waals surface area contributed by atoms with E-state index in [2.05, 4.69) is 25.1 Å². The van der Waals surface area contributed by atoms with E-state index in [0.717, 1.165) is 52.8 Å². The third-order valence-electron chi connectivity index (χ3n) is 8.45. The summed E-state index contributed by atoms with van der Waals surface area (Å²) in [5.41, 5.74) is 10.6. The summed E-state index contributed by atoms with van der Waals surface area (Å²) in [7, 11) is 0. The van der Waals surface area contributed by atoms with Crippen LogP contribution in [-0.4, -0.2) is 41.3 Å². The molecular formula is C37H46FNO5. The van der Waals surface area contributed by atoms with Gasteiger partial charge in [0.1, 0.15) is 0 Å². The summed E-state index contributed by atoms with van der Waals surface area (Å²) >= 11 is 0. The number of carbonyl (C=O) groups excluding carboxylic acids is 1. The van der Waals surface area contributed by atoms with Crippen LogP contribution in [0, 0.1) is 26.6 Å². The average molecular weight is 604 g/mol. The Morgan fingerprint density at radius 2 is 1.66 bits per heavy atom. The molecule has 3 aromatic rings. The van der Waals surface area contributed by atoms with Crippen LogP contribution in [0.25, 0.3) is 11.1 Å². The summed E-state index contributed by atoms with van der Waals surface area (Å²) in [6.45, 7) is 12.3. The molecule has 2 N–H and O–H groups in total. The van der Waals surface area contributed by atoms with Gasteiger partial charge in [0, 0.05) is 17.8 Å². The van der Waals surface area contributed by atoms with Gasteiger partial charge in [-0.3, -0.25) is 9.59 Å². The number of hydrogen-bond donors (Lipinski definition) is 2. The Balaban J connectivity index is 0.000000226. The molecule has 1 amide bonds. The maximum absolute atomic E-state index is 14.9. The molecule has 7 heteroatoms. The van der Waals surface area contributed by atoms with Crippen LogP contribution in [0.15, 0.2) is 30.3 Å². The van der Waals surface area contributed by atoms with Crippen LogP contribution >= 0.6 is 0 Å². The number of carbonyl (C=O) groups is 2. The minimum atomic E-state index is -0.936. The Kier molecular flexibility index (Phi) is 10.5. The molecule has 0 aromatic heterocycles. The minimum absolute atomic E-state index is 0.149. The molecule has 0 saturated heterocycles. The van der Waals surface area contributed by atoms with Gasteiger partial charge < -0.3 is 19.8 Å². The zero-order chi connectivity index (χ0) is 32.2. The normalized spacial score (nSPS) is 15.0. The van der Waals surface area contributed by atoms with Crippen LogP contribution in [0.5, 0.6) is 5.75 Å². The van der Waals surface area contributed by atoms with Crippen LogP contribution in [-0.2, 0) is 41.7 Å². The number of halogens is 1. The molecule has 44 heavy (non-hydrogen) atoms. The van der Waals surface area contributed by atoms with Gasteiger partial charge in [-0.05, 0) is 149 Å². The van der Waals surface area contributed by atoms with E-state index in [1.807, 2.05) is 19.9 Å². The number of amides is 1. The van der Waals surface area contributed by atoms with Crippen molar-refractivity contribution in [3.05, 3.63) is 80.7 Å². The van der Waals surface area contributed by atoms with Gasteiger partial charge in [-0.1, -0.05) is 18.2 Å². The van der Waals surface area contributed by atoms with Crippen molar-refractivity contribution in [3.8, 4) is 16.9 Å². The van der Waals surface area contributed by atoms with Crippen molar-refractivity contribution in [1.82, 2.24) is 0 Å². The zero-order valence-electron chi connectivity index (χ0n) is 27.0. The highest BCUT2D eigenvalue weighted by Crippen LogP contribution is 2.44. The molecule has 0 fully saturated rings. The summed E-state index contributed by atoms with van der Waals surface area (Å²) in [6.07, 6.45) is 8.20. The summed E-state index contributed by atoms with van der Waals surface area (Å²) in [5, 5.41) is 18.0. The third-order valence-corrected chi connectivity index (χ3v) is 8.45. The van der Waals surface area contributed by atoms with Gasteiger partial charge in [0.25, 0.3) is 0 Å². The molecule has 0 radical (unpaired) electrons. The quantitative estimate of drug-likeness (QED) is 0.307. The van der Waals surface area contributed by atoms with E-state index in [-0.39, 0.29) is 6.42 Å². The van der Waals surface area contributed by atoms with E-state index in [1.54, 1.807) is 36.8 Å². The fraction of sp³-hybridized carbons (Fsp3) is 0.459. The Morgan fingerprint density at radius 1 is 0.977 bits per heavy atom. The maximum Gasteiger partial charge on any atom is 0.307 e. The summed E-state index contributed by atoms with van der Waals surface area (Å²) in [4.78, 5) is 24.6. The predicted molar refractivity (Wildman–Crippen MR) is 173 cm³/mol. The van der Waals surface area contributed by atoms with Crippen molar-refractivity contribution >= 4 is 18.1 Å². The molecule has 0 bridgehead atoms. The molecule has 0 atom stereocenters. The lowest BCUT2D eigenvalue weighted by Crippen LogP contribution is -2.17. The van der Waals surface area contributed by atoms with E-state index in [0.29, 0.717) is 36.4 Å². The standard InChI is InChI=1S/C22H22FNO4.C11H14.C4H10O/c1-12-8-19-15(5-6-24(19)11-25)21(16(12)10-20(26)27)17-9-18(23)22-14(13(17)2)4-3-7-28-22;1-9-5-4-7-10-6-2-3-8-11(9)10;1-4(2,3)5/h8-9,11H,3-7,10H2,1-2H3,(H,26,27);4-5,7H,2-3,6,8H2,1H3;5H,1-3H3. The van der Waals surface area contributed by atoms with E-state index >= 15 is 0 Å². The predicted octanol–water partition coefficient (Wildman–Crippen LogP) is 7.23. The van der Waals surface area contributed by atoms with Gasteiger partial charge >= 0.3 is 5.97 Å². The topological polar surface area (TPSA) is 87.1 Å². The number of ether oxygens (including phenoxy) is 1. The number of carboxylic acids is 1. The number of carboxylic acid groups (broad SMARTS) is 1. The van der Waals surface area contributed by atoms with E-state index in [9.17, 15) is 19.1 Å². The van der Waals surface area contributed by atoms with Crippen molar-refractivity contribution < 1.29 is 28.9 Å². The number of benzene rings is 3. The summed E-state index contributed by atoms with van der Waals surface area (Å²) < 4.78 is 20.4.